The number of anilines is 1. The van der Waals surface area contributed by atoms with Crippen molar-refractivity contribution in [3.05, 3.63) is 70.6 Å². The quantitative estimate of drug-likeness (QED) is 0.706. The molecule has 138 valence electrons. The van der Waals surface area contributed by atoms with Crippen molar-refractivity contribution in [2.75, 3.05) is 18.1 Å². The third-order valence-corrected chi connectivity index (χ3v) is 5.02. The van der Waals surface area contributed by atoms with Crippen LogP contribution in [0.5, 0.6) is 0 Å². The summed E-state index contributed by atoms with van der Waals surface area (Å²) in [7, 11) is 0. The minimum atomic E-state index is 0.0595. The molecule has 1 aromatic carbocycles. The number of rotatable bonds is 6. The fourth-order valence-corrected chi connectivity index (χ4v) is 3.75. The number of fused-ring (bicyclic) bond motifs is 1. The second kappa shape index (κ2) is 8.03. The van der Waals surface area contributed by atoms with Crippen molar-refractivity contribution >= 4 is 17.4 Å². The van der Waals surface area contributed by atoms with Crippen molar-refractivity contribution in [3.63, 3.8) is 0 Å². The van der Waals surface area contributed by atoms with E-state index in [1.54, 1.807) is 12.4 Å². The minimum absolute atomic E-state index is 0.0595. The first-order valence-corrected chi connectivity index (χ1v) is 9.53. The molecule has 4 rings (SSSR count). The Bertz CT molecular complexity index is 933. The van der Waals surface area contributed by atoms with Gasteiger partial charge in [0.1, 0.15) is 5.82 Å². The lowest BCUT2D eigenvalue weighted by Crippen LogP contribution is -2.28. The first-order valence-electron chi connectivity index (χ1n) is 9.15. The van der Waals surface area contributed by atoms with E-state index in [1.807, 2.05) is 36.4 Å². The molecule has 0 spiro atoms. The summed E-state index contributed by atoms with van der Waals surface area (Å²) in [5.41, 5.74) is 4.35. The standard InChI is InChI=1S/C21H21ClN4O/c22-17-4-1-3-15(13-17)14-26(11-12-27)21-18-5-2-6-19(18)24-20(25-21)16-7-9-23-10-8-16/h1,3-4,7-10,13,27H,2,5-6,11-12,14H2. The van der Waals surface area contributed by atoms with E-state index in [-0.39, 0.29) is 6.61 Å². The van der Waals surface area contributed by atoms with Crippen LogP contribution < -0.4 is 4.90 Å². The number of aryl methyl sites for hydroxylation is 1. The van der Waals surface area contributed by atoms with Crippen LogP contribution in [-0.4, -0.2) is 33.2 Å². The fraction of sp³-hybridized carbons (Fsp3) is 0.286. The van der Waals surface area contributed by atoms with Gasteiger partial charge in [-0.1, -0.05) is 23.7 Å². The van der Waals surface area contributed by atoms with Crippen LogP contribution in [0.15, 0.2) is 48.8 Å². The molecule has 5 nitrogen and oxygen atoms in total. The molecule has 3 aromatic rings. The first kappa shape index (κ1) is 17.9. The molecule has 0 saturated carbocycles. The number of aliphatic hydroxyl groups is 1. The highest BCUT2D eigenvalue weighted by Gasteiger charge is 2.23. The summed E-state index contributed by atoms with van der Waals surface area (Å²) >= 11 is 6.15. The number of aliphatic hydroxyl groups excluding tert-OH is 1. The molecule has 27 heavy (non-hydrogen) atoms. The van der Waals surface area contributed by atoms with E-state index in [9.17, 15) is 5.11 Å². The number of nitrogens with zero attached hydrogens (tertiary/aromatic N) is 4. The Morgan fingerprint density at radius 3 is 2.70 bits per heavy atom. The molecule has 0 fully saturated rings. The monoisotopic (exact) mass is 380 g/mol. The summed E-state index contributed by atoms with van der Waals surface area (Å²) < 4.78 is 0. The van der Waals surface area contributed by atoms with Gasteiger partial charge in [0.25, 0.3) is 0 Å². The van der Waals surface area contributed by atoms with Crippen molar-refractivity contribution in [1.29, 1.82) is 0 Å². The van der Waals surface area contributed by atoms with Crippen LogP contribution in [0.25, 0.3) is 11.4 Å². The molecule has 2 aromatic heterocycles. The summed E-state index contributed by atoms with van der Waals surface area (Å²) in [6, 6.07) is 11.7. The maximum atomic E-state index is 9.65. The zero-order valence-electron chi connectivity index (χ0n) is 15.0. The molecule has 0 unspecified atom stereocenters. The summed E-state index contributed by atoms with van der Waals surface area (Å²) in [5, 5.41) is 10.4. The van der Waals surface area contributed by atoms with Crippen LogP contribution >= 0.6 is 11.6 Å². The second-order valence-electron chi connectivity index (χ2n) is 6.66. The summed E-state index contributed by atoms with van der Waals surface area (Å²) in [6.07, 6.45) is 6.53. The lowest BCUT2D eigenvalue weighted by molar-refractivity contribution is 0.301. The molecule has 2 heterocycles. The van der Waals surface area contributed by atoms with E-state index in [0.717, 1.165) is 41.9 Å². The van der Waals surface area contributed by atoms with Crippen LogP contribution in [-0.2, 0) is 19.4 Å². The van der Waals surface area contributed by atoms with Gasteiger partial charge in [-0.2, -0.15) is 0 Å². The van der Waals surface area contributed by atoms with Crippen molar-refractivity contribution in [1.82, 2.24) is 15.0 Å². The molecule has 0 amide bonds. The maximum Gasteiger partial charge on any atom is 0.161 e. The molecule has 0 aliphatic heterocycles. The van der Waals surface area contributed by atoms with Crippen molar-refractivity contribution in [2.24, 2.45) is 0 Å². The van der Waals surface area contributed by atoms with Gasteiger partial charge in [-0.15, -0.1) is 0 Å². The zero-order valence-corrected chi connectivity index (χ0v) is 15.7. The first-order chi connectivity index (χ1) is 13.2. The Balaban J connectivity index is 1.76. The Morgan fingerprint density at radius 2 is 1.93 bits per heavy atom. The van der Waals surface area contributed by atoms with Gasteiger partial charge < -0.3 is 10.0 Å². The lowest BCUT2D eigenvalue weighted by Gasteiger charge is -2.26. The maximum absolute atomic E-state index is 9.65. The number of benzene rings is 1. The molecule has 0 atom stereocenters. The topological polar surface area (TPSA) is 62.1 Å². The van der Waals surface area contributed by atoms with E-state index < -0.39 is 0 Å². The number of hydrogen-bond donors (Lipinski definition) is 1. The molecule has 0 saturated heterocycles. The molecular weight excluding hydrogens is 360 g/mol. The Kier molecular flexibility index (Phi) is 5.32. The van der Waals surface area contributed by atoms with Gasteiger partial charge in [-0.05, 0) is 49.1 Å². The highest BCUT2D eigenvalue weighted by Crippen LogP contribution is 2.32. The van der Waals surface area contributed by atoms with Crippen molar-refractivity contribution in [2.45, 2.75) is 25.8 Å². The molecule has 0 radical (unpaired) electrons. The summed E-state index contributed by atoms with van der Waals surface area (Å²) in [6.45, 7) is 1.20. The second-order valence-corrected chi connectivity index (χ2v) is 7.10. The fourth-order valence-electron chi connectivity index (χ4n) is 3.54. The Labute approximate surface area is 163 Å². The van der Waals surface area contributed by atoms with Gasteiger partial charge >= 0.3 is 0 Å². The van der Waals surface area contributed by atoms with Gasteiger partial charge in [0, 0.05) is 47.3 Å². The molecule has 1 aliphatic rings. The summed E-state index contributed by atoms with van der Waals surface area (Å²) in [4.78, 5) is 15.9. The van der Waals surface area contributed by atoms with E-state index in [2.05, 4.69) is 9.88 Å². The molecule has 6 heteroatoms. The molecular formula is C21H21ClN4O. The van der Waals surface area contributed by atoms with Gasteiger partial charge in [0.15, 0.2) is 5.82 Å². The van der Waals surface area contributed by atoms with Gasteiger partial charge in [0.2, 0.25) is 0 Å². The summed E-state index contributed by atoms with van der Waals surface area (Å²) in [5.74, 6) is 1.63. The number of aromatic nitrogens is 3. The van der Waals surface area contributed by atoms with E-state index in [0.29, 0.717) is 23.9 Å². The van der Waals surface area contributed by atoms with E-state index in [1.165, 1.54) is 5.56 Å². The third-order valence-electron chi connectivity index (χ3n) is 4.78. The molecule has 1 N–H and O–H groups in total. The Morgan fingerprint density at radius 1 is 1.07 bits per heavy atom. The Hall–Kier alpha value is -2.50. The van der Waals surface area contributed by atoms with Crippen LogP contribution in [0.3, 0.4) is 0 Å². The average Bonchev–Trinajstić information content (AvgIpc) is 3.16. The van der Waals surface area contributed by atoms with Crippen LogP contribution in [0.2, 0.25) is 5.02 Å². The highest BCUT2D eigenvalue weighted by molar-refractivity contribution is 6.30. The van der Waals surface area contributed by atoms with Crippen molar-refractivity contribution < 1.29 is 5.11 Å². The highest BCUT2D eigenvalue weighted by atomic mass is 35.5. The van der Waals surface area contributed by atoms with E-state index >= 15 is 0 Å². The smallest absolute Gasteiger partial charge is 0.161 e. The van der Waals surface area contributed by atoms with Gasteiger partial charge in [-0.3, -0.25) is 4.98 Å². The van der Waals surface area contributed by atoms with Crippen LogP contribution in [0, 0.1) is 0 Å². The average molecular weight is 381 g/mol. The predicted octanol–water partition coefficient (Wildman–Crippen LogP) is 3.68. The van der Waals surface area contributed by atoms with Crippen LogP contribution in [0.1, 0.15) is 23.2 Å². The lowest BCUT2D eigenvalue weighted by atomic mass is 10.1. The molecule has 1 aliphatic carbocycles. The largest absolute Gasteiger partial charge is 0.395 e. The third kappa shape index (κ3) is 3.94. The number of hydrogen-bond acceptors (Lipinski definition) is 5. The molecule has 0 bridgehead atoms. The number of pyridine rings is 1. The predicted molar refractivity (Wildman–Crippen MR) is 107 cm³/mol. The van der Waals surface area contributed by atoms with Crippen molar-refractivity contribution in [3.8, 4) is 11.4 Å². The van der Waals surface area contributed by atoms with Gasteiger partial charge in [0.05, 0.1) is 6.61 Å². The minimum Gasteiger partial charge on any atom is -0.395 e. The SMILES string of the molecule is OCCN(Cc1cccc(Cl)c1)c1nc(-c2ccncc2)nc2c1CCC2. The van der Waals surface area contributed by atoms with E-state index in [4.69, 9.17) is 21.6 Å². The number of halogens is 1. The van der Waals surface area contributed by atoms with Gasteiger partial charge in [-0.25, -0.2) is 9.97 Å². The normalized spacial score (nSPS) is 12.8. The van der Waals surface area contributed by atoms with Crippen LogP contribution in [0.4, 0.5) is 5.82 Å². The zero-order chi connectivity index (χ0) is 18.6.